The second-order valence-electron chi connectivity index (χ2n) is 5.19. The second kappa shape index (κ2) is 12.5. The second-order valence-corrected chi connectivity index (χ2v) is 5.19. The maximum Gasteiger partial charge on any atom is 0.306 e. The lowest BCUT2D eigenvalue weighted by atomic mass is 10.00. The fraction of sp³-hybridized carbons (Fsp3) is 0.938. The lowest BCUT2D eigenvalue weighted by Gasteiger charge is -2.34. The van der Waals surface area contributed by atoms with Gasteiger partial charge < -0.3 is 9.59 Å². The van der Waals surface area contributed by atoms with Gasteiger partial charge in [0.2, 0.25) is 0 Å². The number of rotatable bonds is 9. The van der Waals surface area contributed by atoms with Crippen LogP contribution in [0.4, 0.5) is 0 Å². The van der Waals surface area contributed by atoms with Crippen molar-refractivity contribution in [3.05, 3.63) is 0 Å². The molecule has 0 aromatic rings. The summed E-state index contributed by atoms with van der Waals surface area (Å²) in [5.41, 5.74) is 0. The van der Waals surface area contributed by atoms with Crippen LogP contribution in [0, 0.1) is 5.92 Å². The summed E-state index contributed by atoms with van der Waals surface area (Å²) in [5, 5.41) is 8.60. The molecule has 0 aliphatic rings. The average Bonchev–Trinajstić information content (AvgIpc) is 2.43. The van der Waals surface area contributed by atoms with Gasteiger partial charge in [0.15, 0.2) is 0 Å². The molecule has 0 saturated carbocycles. The van der Waals surface area contributed by atoms with E-state index in [-0.39, 0.29) is 5.92 Å². The summed E-state index contributed by atoms with van der Waals surface area (Å²) in [7, 11) is 0. The van der Waals surface area contributed by atoms with Gasteiger partial charge in [-0.05, 0) is 40.5 Å². The van der Waals surface area contributed by atoms with Gasteiger partial charge in [0.05, 0.1) is 32.1 Å². The zero-order valence-corrected chi connectivity index (χ0v) is 14.0. The van der Waals surface area contributed by atoms with Gasteiger partial charge in [0.25, 0.3) is 0 Å². The summed E-state index contributed by atoms with van der Waals surface area (Å²) in [5.74, 6) is -0.754. The largest absolute Gasteiger partial charge is 0.481 e. The van der Waals surface area contributed by atoms with Gasteiger partial charge in [-0.3, -0.25) is 4.79 Å². The van der Waals surface area contributed by atoms with E-state index < -0.39 is 5.97 Å². The quantitative estimate of drug-likeness (QED) is 0.641. The highest BCUT2D eigenvalue weighted by molar-refractivity contribution is 5.69. The Morgan fingerprint density at radius 2 is 1.37 bits per heavy atom. The van der Waals surface area contributed by atoms with E-state index >= 15 is 0 Å². The molecular weight excluding hydrogens is 238 g/mol. The minimum Gasteiger partial charge on any atom is -0.481 e. The van der Waals surface area contributed by atoms with Crippen molar-refractivity contribution in [2.45, 2.75) is 67.2 Å². The van der Waals surface area contributed by atoms with Gasteiger partial charge in [-0.25, -0.2) is 0 Å². The maximum absolute atomic E-state index is 10.4. The first kappa shape index (κ1) is 20.7. The van der Waals surface area contributed by atoms with Crippen molar-refractivity contribution >= 4 is 5.97 Å². The average molecular weight is 274 g/mol. The molecule has 0 fully saturated rings. The molecule has 1 atom stereocenters. The fourth-order valence-electron chi connectivity index (χ4n) is 2.29. The van der Waals surface area contributed by atoms with Crippen LogP contribution in [0.1, 0.15) is 67.2 Å². The van der Waals surface area contributed by atoms with E-state index in [4.69, 9.17) is 5.11 Å². The summed E-state index contributed by atoms with van der Waals surface area (Å²) < 4.78 is 1.28. The first-order valence-corrected chi connectivity index (χ1v) is 8.04. The Bertz CT molecular complexity index is 195. The lowest BCUT2D eigenvalue weighted by molar-refractivity contribution is -0.921. The molecule has 0 amide bonds. The third-order valence-corrected chi connectivity index (χ3v) is 4.43. The van der Waals surface area contributed by atoms with Crippen molar-refractivity contribution in [1.29, 1.82) is 0 Å². The number of carbonyl (C=O) groups is 1. The topological polar surface area (TPSA) is 37.3 Å². The molecule has 0 aromatic heterocycles. The van der Waals surface area contributed by atoms with Crippen molar-refractivity contribution < 1.29 is 14.4 Å². The highest BCUT2D eigenvalue weighted by atomic mass is 16.4. The van der Waals surface area contributed by atoms with Crippen molar-refractivity contribution in [3.63, 3.8) is 0 Å². The number of aliphatic carboxylic acids is 1. The van der Waals surface area contributed by atoms with E-state index in [0.717, 1.165) is 25.7 Å². The van der Waals surface area contributed by atoms with Crippen LogP contribution in [-0.2, 0) is 4.79 Å². The van der Waals surface area contributed by atoms with Crippen molar-refractivity contribution in [3.8, 4) is 0 Å². The number of unbranched alkanes of at least 4 members (excludes halogenated alkanes) is 1. The monoisotopic (exact) mass is 274 g/mol. The Labute approximate surface area is 120 Å². The third-order valence-electron chi connectivity index (χ3n) is 4.43. The normalized spacial score (nSPS) is 12.5. The zero-order chi connectivity index (χ0) is 15.3. The van der Waals surface area contributed by atoms with Gasteiger partial charge in [0, 0.05) is 0 Å². The number of carboxylic acids is 1. The molecule has 0 saturated heterocycles. The minimum atomic E-state index is -0.643. The molecule has 0 rings (SSSR count). The van der Waals surface area contributed by atoms with Gasteiger partial charge >= 0.3 is 5.97 Å². The van der Waals surface area contributed by atoms with Crippen LogP contribution in [0.2, 0.25) is 0 Å². The zero-order valence-electron chi connectivity index (χ0n) is 14.0. The Morgan fingerprint density at radius 1 is 0.947 bits per heavy atom. The number of carboxylic acid groups (broad SMARTS) is 1. The van der Waals surface area contributed by atoms with Crippen molar-refractivity contribution in [2.75, 3.05) is 26.2 Å². The first-order valence-electron chi connectivity index (χ1n) is 8.04. The summed E-state index contributed by atoms with van der Waals surface area (Å²) in [6.45, 7) is 18.2. The molecule has 0 radical (unpaired) electrons. The number of quaternary nitrogens is 1. The van der Waals surface area contributed by atoms with Gasteiger partial charge in [0.1, 0.15) is 0 Å². The summed E-state index contributed by atoms with van der Waals surface area (Å²) in [6, 6.07) is 0. The molecule has 3 nitrogen and oxygen atoms in total. The SMILES string of the molecule is CCCCC(CC)C(=O)O.CC[N+](CC)(CC)CC. The van der Waals surface area contributed by atoms with E-state index in [1.165, 1.54) is 30.7 Å². The van der Waals surface area contributed by atoms with E-state index in [1.807, 2.05) is 6.92 Å². The summed E-state index contributed by atoms with van der Waals surface area (Å²) in [6.07, 6.45) is 3.71. The molecule has 0 heterocycles. The van der Waals surface area contributed by atoms with Crippen LogP contribution in [0.3, 0.4) is 0 Å². The first-order chi connectivity index (χ1) is 8.96. The number of nitrogens with zero attached hydrogens (tertiary/aromatic N) is 1. The highest BCUT2D eigenvalue weighted by Gasteiger charge is 2.16. The van der Waals surface area contributed by atoms with Crippen LogP contribution in [0.15, 0.2) is 0 Å². The molecule has 0 aliphatic carbocycles. The number of hydrogen-bond acceptors (Lipinski definition) is 1. The van der Waals surface area contributed by atoms with Crippen LogP contribution in [0.5, 0.6) is 0 Å². The third kappa shape index (κ3) is 9.04. The maximum atomic E-state index is 10.4. The molecular formula is C16H36NO2+. The van der Waals surface area contributed by atoms with Gasteiger partial charge in [-0.2, -0.15) is 0 Å². The number of hydrogen-bond donors (Lipinski definition) is 1. The molecule has 116 valence electrons. The highest BCUT2D eigenvalue weighted by Crippen LogP contribution is 2.11. The fourth-order valence-corrected chi connectivity index (χ4v) is 2.29. The smallest absolute Gasteiger partial charge is 0.306 e. The predicted molar refractivity (Wildman–Crippen MR) is 83.4 cm³/mol. The van der Waals surface area contributed by atoms with Gasteiger partial charge in [-0.15, -0.1) is 0 Å². The van der Waals surface area contributed by atoms with Crippen LogP contribution < -0.4 is 0 Å². The Balaban J connectivity index is 0. The van der Waals surface area contributed by atoms with E-state index in [2.05, 4.69) is 34.6 Å². The molecule has 0 aliphatic heterocycles. The molecule has 3 heteroatoms. The van der Waals surface area contributed by atoms with Crippen LogP contribution >= 0.6 is 0 Å². The summed E-state index contributed by atoms with van der Waals surface area (Å²) in [4.78, 5) is 10.4. The molecule has 0 spiro atoms. The molecule has 1 N–H and O–H groups in total. The van der Waals surface area contributed by atoms with Gasteiger partial charge in [-0.1, -0.05) is 26.7 Å². The Morgan fingerprint density at radius 3 is 1.53 bits per heavy atom. The van der Waals surface area contributed by atoms with E-state index in [9.17, 15) is 4.79 Å². The van der Waals surface area contributed by atoms with Crippen molar-refractivity contribution in [2.24, 2.45) is 5.92 Å². The Kier molecular flexibility index (Phi) is 13.6. The molecule has 19 heavy (non-hydrogen) atoms. The van der Waals surface area contributed by atoms with E-state index in [0.29, 0.717) is 0 Å². The van der Waals surface area contributed by atoms with E-state index in [1.54, 1.807) is 0 Å². The molecule has 0 aromatic carbocycles. The molecule has 1 unspecified atom stereocenters. The predicted octanol–water partition coefficient (Wildman–Crippen LogP) is 4.17. The lowest BCUT2D eigenvalue weighted by Crippen LogP contribution is -2.47. The van der Waals surface area contributed by atoms with Crippen LogP contribution in [-0.4, -0.2) is 41.7 Å². The molecule has 0 bridgehead atoms. The van der Waals surface area contributed by atoms with Crippen LogP contribution in [0.25, 0.3) is 0 Å². The Hall–Kier alpha value is -0.570. The van der Waals surface area contributed by atoms with Crippen molar-refractivity contribution in [1.82, 2.24) is 0 Å². The standard InChI is InChI=1S/C8H20N.C8H16O2/c1-5-9(6-2,7-3)8-4;1-3-5-6-7(4-2)8(9)10/h5-8H2,1-4H3;7H,3-6H2,1-2H3,(H,9,10)/q+1;. The minimum absolute atomic E-state index is 0.111. The summed E-state index contributed by atoms with van der Waals surface area (Å²) >= 11 is 0.